The Labute approximate surface area is 116 Å². The third-order valence-electron chi connectivity index (χ3n) is 4.77. The van der Waals surface area contributed by atoms with Gasteiger partial charge in [-0.25, -0.2) is 4.39 Å². The van der Waals surface area contributed by atoms with Gasteiger partial charge in [0.25, 0.3) is 0 Å². The maximum atomic E-state index is 13.0. The van der Waals surface area contributed by atoms with E-state index in [0.717, 1.165) is 11.8 Å². The van der Waals surface area contributed by atoms with Gasteiger partial charge in [0, 0.05) is 6.04 Å². The molecule has 1 nitrogen and oxygen atoms in total. The van der Waals surface area contributed by atoms with Gasteiger partial charge in [-0.3, -0.25) is 0 Å². The summed E-state index contributed by atoms with van der Waals surface area (Å²) in [5.74, 6) is 2.23. The molecule has 0 heterocycles. The smallest absolute Gasteiger partial charge is 0.123 e. The molecule has 1 atom stereocenters. The molecule has 1 aliphatic carbocycles. The standard InChI is InChI=1S/C17H26FN/c1-12(2)13-4-6-14(7-5-13)17(19-3)15-8-10-16(18)11-9-15/h8-14,17,19H,4-7H2,1-3H3. The molecule has 0 radical (unpaired) electrons. The van der Waals surface area contributed by atoms with Crippen molar-refractivity contribution in [1.82, 2.24) is 5.32 Å². The Balaban J connectivity index is 2.01. The first-order valence-corrected chi connectivity index (χ1v) is 7.54. The lowest BCUT2D eigenvalue weighted by molar-refractivity contribution is 0.192. The third kappa shape index (κ3) is 3.56. The molecular formula is C17H26FN. The van der Waals surface area contributed by atoms with E-state index in [1.54, 1.807) is 12.1 Å². The molecular weight excluding hydrogens is 237 g/mol. The van der Waals surface area contributed by atoms with E-state index in [9.17, 15) is 4.39 Å². The predicted molar refractivity (Wildman–Crippen MR) is 78.5 cm³/mol. The van der Waals surface area contributed by atoms with E-state index < -0.39 is 0 Å². The molecule has 0 bridgehead atoms. The van der Waals surface area contributed by atoms with E-state index in [4.69, 9.17) is 0 Å². The summed E-state index contributed by atoms with van der Waals surface area (Å²) < 4.78 is 13.0. The molecule has 0 amide bonds. The summed E-state index contributed by atoms with van der Waals surface area (Å²) in [6, 6.07) is 7.35. The van der Waals surface area contributed by atoms with Gasteiger partial charge in [-0.15, -0.1) is 0 Å². The second-order valence-electron chi connectivity index (χ2n) is 6.24. The van der Waals surface area contributed by atoms with E-state index in [1.807, 2.05) is 19.2 Å². The molecule has 0 saturated heterocycles. The summed E-state index contributed by atoms with van der Waals surface area (Å²) in [7, 11) is 2.02. The molecule has 0 aromatic heterocycles. The van der Waals surface area contributed by atoms with Crippen molar-refractivity contribution in [1.29, 1.82) is 0 Å². The molecule has 2 rings (SSSR count). The Kier molecular flexibility index (Phi) is 4.98. The minimum Gasteiger partial charge on any atom is -0.313 e. The summed E-state index contributed by atoms with van der Waals surface area (Å²) in [5, 5.41) is 3.43. The van der Waals surface area contributed by atoms with Gasteiger partial charge in [0.05, 0.1) is 0 Å². The first kappa shape index (κ1) is 14.5. The van der Waals surface area contributed by atoms with Crippen molar-refractivity contribution in [2.75, 3.05) is 7.05 Å². The van der Waals surface area contributed by atoms with Crippen molar-refractivity contribution >= 4 is 0 Å². The summed E-state index contributed by atoms with van der Waals surface area (Å²) in [4.78, 5) is 0. The number of rotatable bonds is 4. The van der Waals surface area contributed by atoms with Gasteiger partial charge >= 0.3 is 0 Å². The molecule has 1 saturated carbocycles. The Bertz CT molecular complexity index is 377. The number of benzene rings is 1. The fourth-order valence-corrected chi connectivity index (χ4v) is 3.49. The average molecular weight is 263 g/mol. The number of hydrogen-bond acceptors (Lipinski definition) is 1. The van der Waals surface area contributed by atoms with Crippen LogP contribution in [-0.4, -0.2) is 7.05 Å². The minimum absolute atomic E-state index is 0.151. The van der Waals surface area contributed by atoms with Crippen LogP contribution in [0.3, 0.4) is 0 Å². The van der Waals surface area contributed by atoms with Gasteiger partial charge in [-0.05, 0) is 68.2 Å². The van der Waals surface area contributed by atoms with Crippen LogP contribution in [0.25, 0.3) is 0 Å². The van der Waals surface area contributed by atoms with Gasteiger partial charge < -0.3 is 5.32 Å². The molecule has 106 valence electrons. The van der Waals surface area contributed by atoms with Crippen molar-refractivity contribution < 1.29 is 4.39 Å². The topological polar surface area (TPSA) is 12.0 Å². The fraction of sp³-hybridized carbons (Fsp3) is 0.647. The summed E-state index contributed by atoms with van der Waals surface area (Å²) >= 11 is 0. The highest BCUT2D eigenvalue weighted by atomic mass is 19.1. The van der Waals surface area contributed by atoms with Crippen LogP contribution < -0.4 is 5.32 Å². The lowest BCUT2D eigenvalue weighted by Crippen LogP contribution is -2.29. The fourth-order valence-electron chi connectivity index (χ4n) is 3.49. The highest BCUT2D eigenvalue weighted by Crippen LogP contribution is 2.39. The van der Waals surface area contributed by atoms with Gasteiger partial charge in [-0.2, -0.15) is 0 Å². The van der Waals surface area contributed by atoms with Gasteiger partial charge in [0.15, 0.2) is 0 Å². The Morgan fingerprint density at radius 2 is 1.53 bits per heavy atom. The molecule has 1 unspecified atom stereocenters. The Hall–Kier alpha value is -0.890. The highest BCUT2D eigenvalue weighted by molar-refractivity contribution is 5.20. The molecule has 0 aliphatic heterocycles. The van der Waals surface area contributed by atoms with Crippen molar-refractivity contribution in [3.8, 4) is 0 Å². The summed E-state index contributed by atoms with van der Waals surface area (Å²) in [6.07, 6.45) is 5.24. The first-order valence-electron chi connectivity index (χ1n) is 7.54. The van der Waals surface area contributed by atoms with Gasteiger partial charge in [0.1, 0.15) is 5.82 Å². The van der Waals surface area contributed by atoms with Crippen LogP contribution in [0.1, 0.15) is 51.1 Å². The van der Waals surface area contributed by atoms with E-state index in [0.29, 0.717) is 12.0 Å². The predicted octanol–water partition coefficient (Wildman–Crippen LogP) is 4.55. The van der Waals surface area contributed by atoms with Crippen molar-refractivity contribution in [3.63, 3.8) is 0 Å². The van der Waals surface area contributed by atoms with E-state index >= 15 is 0 Å². The normalized spacial score (nSPS) is 25.5. The SMILES string of the molecule is CNC(c1ccc(F)cc1)C1CCC(C(C)C)CC1. The molecule has 2 heteroatoms. The van der Waals surface area contributed by atoms with Crippen LogP contribution in [0.5, 0.6) is 0 Å². The van der Waals surface area contributed by atoms with Gasteiger partial charge in [0.2, 0.25) is 0 Å². The lowest BCUT2D eigenvalue weighted by atomic mass is 9.73. The van der Waals surface area contributed by atoms with Crippen LogP contribution in [-0.2, 0) is 0 Å². The number of halogens is 1. The second-order valence-corrected chi connectivity index (χ2v) is 6.24. The van der Waals surface area contributed by atoms with Gasteiger partial charge in [-0.1, -0.05) is 26.0 Å². The van der Waals surface area contributed by atoms with Crippen molar-refractivity contribution in [3.05, 3.63) is 35.6 Å². The molecule has 1 N–H and O–H groups in total. The summed E-state index contributed by atoms with van der Waals surface area (Å²) in [6.45, 7) is 4.67. The quantitative estimate of drug-likeness (QED) is 0.840. The molecule has 19 heavy (non-hydrogen) atoms. The molecule has 1 aromatic rings. The molecule has 1 fully saturated rings. The zero-order valence-corrected chi connectivity index (χ0v) is 12.3. The van der Waals surface area contributed by atoms with Crippen LogP contribution in [0.15, 0.2) is 24.3 Å². The Morgan fingerprint density at radius 3 is 2.00 bits per heavy atom. The second kappa shape index (κ2) is 6.51. The maximum Gasteiger partial charge on any atom is 0.123 e. The monoisotopic (exact) mass is 263 g/mol. The average Bonchev–Trinajstić information content (AvgIpc) is 2.42. The van der Waals surface area contributed by atoms with Crippen molar-refractivity contribution in [2.24, 2.45) is 17.8 Å². The molecule has 1 aliphatic rings. The van der Waals surface area contributed by atoms with E-state index in [1.165, 1.54) is 31.2 Å². The first-order chi connectivity index (χ1) is 9.11. The van der Waals surface area contributed by atoms with Crippen LogP contribution in [0.4, 0.5) is 4.39 Å². The van der Waals surface area contributed by atoms with E-state index in [-0.39, 0.29) is 5.82 Å². The van der Waals surface area contributed by atoms with E-state index in [2.05, 4.69) is 19.2 Å². The molecule has 1 aromatic carbocycles. The lowest BCUT2D eigenvalue weighted by Gasteiger charge is -2.35. The molecule has 0 spiro atoms. The minimum atomic E-state index is -0.151. The highest BCUT2D eigenvalue weighted by Gasteiger charge is 2.28. The Morgan fingerprint density at radius 1 is 1.00 bits per heavy atom. The third-order valence-corrected chi connectivity index (χ3v) is 4.77. The number of hydrogen-bond donors (Lipinski definition) is 1. The zero-order valence-electron chi connectivity index (χ0n) is 12.3. The van der Waals surface area contributed by atoms with Crippen LogP contribution in [0.2, 0.25) is 0 Å². The van der Waals surface area contributed by atoms with Crippen LogP contribution >= 0.6 is 0 Å². The summed E-state index contributed by atoms with van der Waals surface area (Å²) in [5.41, 5.74) is 1.22. The largest absolute Gasteiger partial charge is 0.313 e. The zero-order chi connectivity index (χ0) is 13.8. The van der Waals surface area contributed by atoms with Crippen LogP contribution in [0, 0.1) is 23.6 Å². The van der Waals surface area contributed by atoms with Crippen molar-refractivity contribution in [2.45, 2.75) is 45.6 Å². The maximum absolute atomic E-state index is 13.0. The number of nitrogens with one attached hydrogen (secondary N) is 1.